The van der Waals surface area contributed by atoms with E-state index in [1.807, 2.05) is 4.57 Å². The van der Waals surface area contributed by atoms with E-state index in [-0.39, 0.29) is 28.5 Å². The zero-order chi connectivity index (χ0) is 30.1. The first kappa shape index (κ1) is 28.1. The maximum Gasteiger partial charge on any atom is 0.335 e. The van der Waals surface area contributed by atoms with Crippen molar-refractivity contribution < 1.29 is 33.3 Å². The molecule has 7 nitrogen and oxygen atoms in total. The number of halogens is 2. The Kier molecular flexibility index (Phi) is 7.63. The number of nitrogens with zero attached hydrogens (tertiary/aromatic N) is 2. The Morgan fingerprint density at radius 1 is 0.791 bits per heavy atom. The third-order valence-corrected chi connectivity index (χ3v) is 7.94. The SMILES string of the molecule is O=C(O)c1ccc(C(Oc2ccc(-c3nc4cc(C(=O)O)ccc4n3C3CCCCC3)c(F)c2)c2ccc(F)cc2)cc1. The molecule has 0 saturated heterocycles. The highest BCUT2D eigenvalue weighted by molar-refractivity contribution is 5.93. The molecule has 1 aliphatic rings. The van der Waals surface area contributed by atoms with E-state index in [0.717, 1.165) is 37.6 Å². The van der Waals surface area contributed by atoms with Gasteiger partial charge >= 0.3 is 11.9 Å². The molecule has 1 atom stereocenters. The van der Waals surface area contributed by atoms with Crippen LogP contribution in [0.15, 0.2) is 84.9 Å². The summed E-state index contributed by atoms with van der Waals surface area (Å²) in [5.74, 6) is -2.48. The Hall–Kier alpha value is -5.05. The number of ether oxygens (including phenoxy) is 1. The van der Waals surface area contributed by atoms with E-state index >= 15 is 4.39 Å². The van der Waals surface area contributed by atoms with Crippen LogP contribution in [0.2, 0.25) is 0 Å². The van der Waals surface area contributed by atoms with Crippen molar-refractivity contribution in [2.24, 2.45) is 0 Å². The van der Waals surface area contributed by atoms with Crippen LogP contribution in [0, 0.1) is 11.6 Å². The molecule has 1 fully saturated rings. The van der Waals surface area contributed by atoms with E-state index in [1.54, 1.807) is 48.5 Å². The van der Waals surface area contributed by atoms with Gasteiger partial charge in [0.05, 0.1) is 27.7 Å². The van der Waals surface area contributed by atoms with Gasteiger partial charge in [0.25, 0.3) is 0 Å². The molecule has 1 saturated carbocycles. The van der Waals surface area contributed by atoms with E-state index in [9.17, 15) is 24.2 Å². The molecule has 1 unspecified atom stereocenters. The summed E-state index contributed by atoms with van der Waals surface area (Å²) in [6.45, 7) is 0. The van der Waals surface area contributed by atoms with Gasteiger partial charge in [0.15, 0.2) is 0 Å². The minimum absolute atomic E-state index is 0.105. The number of imidazole rings is 1. The lowest BCUT2D eigenvalue weighted by Crippen LogP contribution is -2.14. The predicted molar refractivity (Wildman–Crippen MR) is 156 cm³/mol. The van der Waals surface area contributed by atoms with E-state index < -0.39 is 29.7 Å². The van der Waals surface area contributed by atoms with Crippen LogP contribution in [0.5, 0.6) is 5.75 Å². The van der Waals surface area contributed by atoms with Gasteiger partial charge in [-0.3, -0.25) is 0 Å². The number of carboxylic acids is 2. The van der Waals surface area contributed by atoms with Crippen molar-refractivity contribution in [3.8, 4) is 17.1 Å². The van der Waals surface area contributed by atoms with Crippen molar-refractivity contribution in [1.82, 2.24) is 9.55 Å². The van der Waals surface area contributed by atoms with Gasteiger partial charge in [-0.1, -0.05) is 43.5 Å². The zero-order valence-electron chi connectivity index (χ0n) is 23.0. The number of hydrogen-bond donors (Lipinski definition) is 2. The molecule has 1 aliphatic carbocycles. The summed E-state index contributed by atoms with van der Waals surface area (Å²) >= 11 is 0. The Morgan fingerprint density at radius 2 is 1.42 bits per heavy atom. The molecule has 4 aromatic carbocycles. The van der Waals surface area contributed by atoms with Gasteiger partial charge in [-0.2, -0.15) is 0 Å². The van der Waals surface area contributed by atoms with Gasteiger partial charge in [0.1, 0.15) is 29.3 Å². The zero-order valence-corrected chi connectivity index (χ0v) is 23.0. The van der Waals surface area contributed by atoms with Crippen LogP contribution in [-0.2, 0) is 0 Å². The van der Waals surface area contributed by atoms with Crippen molar-refractivity contribution >= 4 is 23.0 Å². The highest BCUT2D eigenvalue weighted by Gasteiger charge is 2.25. The van der Waals surface area contributed by atoms with Crippen molar-refractivity contribution in [2.75, 3.05) is 0 Å². The lowest BCUT2D eigenvalue weighted by molar-refractivity contribution is 0.0686. The number of benzene rings is 4. The number of carboxylic acid groups (broad SMARTS) is 2. The molecule has 9 heteroatoms. The Bertz CT molecular complexity index is 1810. The molecule has 1 heterocycles. The molecule has 0 spiro atoms. The number of hydrogen-bond acceptors (Lipinski definition) is 4. The van der Waals surface area contributed by atoms with Crippen LogP contribution in [0.25, 0.3) is 22.4 Å². The summed E-state index contributed by atoms with van der Waals surface area (Å²) in [5.41, 5.74) is 2.93. The number of fused-ring (bicyclic) bond motifs is 1. The average Bonchev–Trinajstić information content (AvgIpc) is 3.39. The Morgan fingerprint density at radius 3 is 2.05 bits per heavy atom. The van der Waals surface area contributed by atoms with E-state index in [4.69, 9.17) is 9.72 Å². The maximum atomic E-state index is 15.9. The highest BCUT2D eigenvalue weighted by atomic mass is 19.1. The fraction of sp³-hybridized carbons (Fsp3) is 0.206. The van der Waals surface area contributed by atoms with E-state index in [0.29, 0.717) is 22.5 Å². The number of rotatable bonds is 8. The molecular weight excluding hydrogens is 554 g/mol. The summed E-state index contributed by atoms with van der Waals surface area (Å²) in [6, 6.07) is 21.2. The largest absolute Gasteiger partial charge is 0.481 e. The van der Waals surface area contributed by atoms with Crippen molar-refractivity contribution in [1.29, 1.82) is 0 Å². The van der Waals surface area contributed by atoms with Gasteiger partial charge in [0.2, 0.25) is 0 Å². The van der Waals surface area contributed by atoms with Crippen LogP contribution in [-0.4, -0.2) is 31.7 Å². The summed E-state index contributed by atoms with van der Waals surface area (Å²) in [6.07, 6.45) is 4.30. The minimum Gasteiger partial charge on any atom is -0.481 e. The van der Waals surface area contributed by atoms with Crippen molar-refractivity contribution in [3.05, 3.63) is 119 Å². The fourth-order valence-corrected chi connectivity index (χ4v) is 5.78. The van der Waals surface area contributed by atoms with Gasteiger partial charge in [-0.05, 0) is 78.6 Å². The first-order valence-electron chi connectivity index (χ1n) is 14.1. The fourth-order valence-electron chi connectivity index (χ4n) is 5.78. The van der Waals surface area contributed by atoms with E-state index in [2.05, 4.69) is 0 Å². The summed E-state index contributed by atoms with van der Waals surface area (Å²) in [5, 5.41) is 18.8. The molecule has 0 aliphatic heterocycles. The van der Waals surface area contributed by atoms with Crippen LogP contribution in [0.3, 0.4) is 0 Å². The standard InChI is InChI=1S/C34H28F2N2O5/c35-24-13-10-21(11-14-24)31(20-6-8-22(9-7-20)33(39)40)43-26-15-16-27(28(36)19-26)32-37-29-18-23(34(41)42)12-17-30(29)38(32)25-4-2-1-3-5-25/h6-19,25,31H,1-5H2,(H,39,40)(H,41,42). The molecule has 0 radical (unpaired) electrons. The lowest BCUT2D eigenvalue weighted by atomic mass is 9.94. The molecule has 5 aromatic rings. The van der Waals surface area contributed by atoms with Crippen molar-refractivity contribution in [3.63, 3.8) is 0 Å². The van der Waals surface area contributed by atoms with Crippen LogP contribution in [0.1, 0.15) is 76.1 Å². The number of aromatic nitrogens is 2. The van der Waals surface area contributed by atoms with Crippen molar-refractivity contribution in [2.45, 2.75) is 44.2 Å². The third kappa shape index (κ3) is 5.70. The smallest absolute Gasteiger partial charge is 0.335 e. The molecular formula is C34H28F2N2O5. The molecule has 218 valence electrons. The molecule has 2 N–H and O–H groups in total. The molecule has 6 rings (SSSR count). The minimum atomic E-state index is -1.07. The third-order valence-electron chi connectivity index (χ3n) is 7.94. The molecule has 43 heavy (non-hydrogen) atoms. The average molecular weight is 583 g/mol. The summed E-state index contributed by atoms with van der Waals surface area (Å²) < 4.78 is 37.9. The quantitative estimate of drug-likeness (QED) is 0.192. The summed E-state index contributed by atoms with van der Waals surface area (Å²) in [4.78, 5) is 27.7. The van der Waals surface area contributed by atoms with Crippen LogP contribution >= 0.6 is 0 Å². The number of aromatic carboxylic acids is 2. The van der Waals surface area contributed by atoms with Gasteiger partial charge in [-0.25, -0.2) is 23.4 Å². The van der Waals surface area contributed by atoms with Gasteiger partial charge < -0.3 is 19.5 Å². The second kappa shape index (κ2) is 11.7. The first-order valence-corrected chi connectivity index (χ1v) is 14.1. The lowest BCUT2D eigenvalue weighted by Gasteiger charge is -2.26. The van der Waals surface area contributed by atoms with Gasteiger partial charge in [0, 0.05) is 12.1 Å². The maximum absolute atomic E-state index is 15.9. The second-order valence-corrected chi connectivity index (χ2v) is 10.7. The number of carbonyl (C=O) groups is 2. The van der Waals surface area contributed by atoms with E-state index in [1.165, 1.54) is 36.4 Å². The second-order valence-electron chi connectivity index (χ2n) is 10.7. The van der Waals surface area contributed by atoms with Crippen LogP contribution < -0.4 is 4.74 Å². The highest BCUT2D eigenvalue weighted by Crippen LogP contribution is 2.38. The summed E-state index contributed by atoms with van der Waals surface area (Å²) in [7, 11) is 0. The normalized spacial score (nSPS) is 14.5. The Labute approximate surface area is 246 Å². The molecule has 1 aromatic heterocycles. The topological polar surface area (TPSA) is 102 Å². The predicted octanol–water partition coefficient (Wildman–Crippen LogP) is 8.05. The van der Waals surface area contributed by atoms with Crippen LogP contribution in [0.4, 0.5) is 8.78 Å². The first-order chi connectivity index (χ1) is 20.8. The molecule has 0 bridgehead atoms. The monoisotopic (exact) mass is 582 g/mol. The Balaban J connectivity index is 1.39. The van der Waals surface area contributed by atoms with Gasteiger partial charge in [-0.15, -0.1) is 0 Å². The molecule has 0 amide bonds.